The van der Waals surface area contributed by atoms with Crippen molar-refractivity contribution in [1.82, 2.24) is 0 Å². The van der Waals surface area contributed by atoms with Crippen LogP contribution in [-0.4, -0.2) is 22.8 Å². The molecule has 0 aromatic heterocycles. The van der Waals surface area contributed by atoms with E-state index in [0.717, 1.165) is 30.4 Å². The first-order valence-corrected chi connectivity index (χ1v) is 7.67. The van der Waals surface area contributed by atoms with E-state index in [9.17, 15) is 9.90 Å². The third kappa shape index (κ3) is 2.42. The van der Waals surface area contributed by atoms with Crippen molar-refractivity contribution in [2.75, 3.05) is 0 Å². The molecule has 0 saturated carbocycles. The Bertz CT molecular complexity index is 571. The van der Waals surface area contributed by atoms with Gasteiger partial charge in [0, 0.05) is 12.0 Å². The molecule has 4 heteroatoms. The van der Waals surface area contributed by atoms with Gasteiger partial charge in [0.1, 0.15) is 23.5 Å². The molecule has 21 heavy (non-hydrogen) atoms. The molecule has 0 radical (unpaired) electrons. The van der Waals surface area contributed by atoms with Crippen molar-refractivity contribution in [3.63, 3.8) is 0 Å². The van der Waals surface area contributed by atoms with Gasteiger partial charge in [-0.15, -0.1) is 0 Å². The molecule has 0 aliphatic carbocycles. The average Bonchev–Trinajstić information content (AvgIpc) is 2.97. The normalized spacial score (nSPS) is 23.5. The number of fused-ring (bicyclic) bond motifs is 3. The minimum Gasteiger partial charge on any atom is -0.486 e. The Kier molecular flexibility index (Phi) is 3.44. The third-order valence-electron chi connectivity index (χ3n) is 4.34. The van der Waals surface area contributed by atoms with Gasteiger partial charge in [-0.3, -0.25) is 0 Å². The van der Waals surface area contributed by atoms with Gasteiger partial charge < -0.3 is 14.6 Å². The first-order valence-electron chi connectivity index (χ1n) is 7.67. The van der Waals surface area contributed by atoms with Gasteiger partial charge in [-0.2, -0.15) is 0 Å². The van der Waals surface area contributed by atoms with E-state index in [2.05, 4.69) is 6.92 Å². The molecule has 1 aromatic carbocycles. The molecule has 2 aliphatic rings. The third-order valence-corrected chi connectivity index (χ3v) is 4.34. The van der Waals surface area contributed by atoms with Gasteiger partial charge in [0.05, 0.1) is 5.60 Å². The summed E-state index contributed by atoms with van der Waals surface area (Å²) in [5, 5.41) is 10.1. The van der Waals surface area contributed by atoms with Crippen LogP contribution in [0.5, 0.6) is 5.75 Å². The second kappa shape index (κ2) is 5.02. The summed E-state index contributed by atoms with van der Waals surface area (Å²) in [7, 11) is 0. The molecule has 2 atom stereocenters. The van der Waals surface area contributed by atoms with Gasteiger partial charge >= 0.3 is 5.97 Å². The summed E-state index contributed by atoms with van der Waals surface area (Å²) in [5.41, 5.74) is 1.55. The number of esters is 1. The minimum atomic E-state index is -0.934. The van der Waals surface area contributed by atoms with Crippen LogP contribution in [0.3, 0.4) is 0 Å². The first kappa shape index (κ1) is 14.4. The number of aliphatic hydroxyl groups is 1. The molecule has 0 spiro atoms. The van der Waals surface area contributed by atoms with Crippen LogP contribution >= 0.6 is 0 Å². The van der Waals surface area contributed by atoms with E-state index >= 15 is 0 Å². The van der Waals surface area contributed by atoms with Crippen LogP contribution in [0.2, 0.25) is 0 Å². The number of ether oxygens (including phenoxy) is 2. The molecule has 0 saturated heterocycles. The van der Waals surface area contributed by atoms with Crippen molar-refractivity contribution in [1.29, 1.82) is 0 Å². The number of hydrogen-bond acceptors (Lipinski definition) is 4. The Hall–Kier alpha value is -1.55. The lowest BCUT2D eigenvalue weighted by molar-refractivity contribution is -0.0233. The Balaban J connectivity index is 1.93. The van der Waals surface area contributed by atoms with Gasteiger partial charge in [-0.05, 0) is 32.3 Å². The van der Waals surface area contributed by atoms with Gasteiger partial charge in [-0.25, -0.2) is 4.79 Å². The Morgan fingerprint density at radius 3 is 2.76 bits per heavy atom. The molecule has 1 aromatic rings. The number of unbranched alkanes of at least 4 members (excludes halogenated alkanes) is 1. The topological polar surface area (TPSA) is 55.8 Å². The van der Waals surface area contributed by atoms with Gasteiger partial charge in [-0.1, -0.05) is 25.5 Å². The summed E-state index contributed by atoms with van der Waals surface area (Å²) < 4.78 is 11.4. The molecule has 4 nitrogen and oxygen atoms in total. The SMILES string of the molecule is CCCC[C@@H]1OC(=O)c2c1ccc1c2O[C@@H](C(C)(C)O)C1. The number of hydrogen-bond donors (Lipinski definition) is 1. The zero-order valence-electron chi connectivity index (χ0n) is 12.8. The fourth-order valence-corrected chi connectivity index (χ4v) is 3.05. The van der Waals surface area contributed by atoms with Crippen LogP contribution in [0.25, 0.3) is 0 Å². The summed E-state index contributed by atoms with van der Waals surface area (Å²) in [4.78, 5) is 12.2. The predicted octanol–water partition coefficient (Wildman–Crippen LogP) is 3.16. The Morgan fingerprint density at radius 2 is 2.10 bits per heavy atom. The molecule has 3 rings (SSSR count). The van der Waals surface area contributed by atoms with Crippen LogP contribution in [0, 0.1) is 0 Å². The van der Waals surface area contributed by atoms with E-state index in [1.165, 1.54) is 0 Å². The maximum atomic E-state index is 12.2. The molecular formula is C17H22O4. The van der Waals surface area contributed by atoms with Crippen molar-refractivity contribution < 1.29 is 19.4 Å². The summed E-state index contributed by atoms with van der Waals surface area (Å²) in [5.74, 6) is 0.322. The molecule has 2 aliphatic heterocycles. The van der Waals surface area contributed by atoms with Gasteiger partial charge in [0.2, 0.25) is 0 Å². The summed E-state index contributed by atoms with van der Waals surface area (Å²) in [6.07, 6.45) is 3.11. The van der Waals surface area contributed by atoms with E-state index in [0.29, 0.717) is 17.7 Å². The van der Waals surface area contributed by atoms with Crippen molar-refractivity contribution in [3.8, 4) is 5.75 Å². The molecule has 0 amide bonds. The minimum absolute atomic E-state index is 0.150. The standard InChI is InChI=1S/C17H22O4/c1-4-5-6-12-11-8-7-10-9-13(17(2,3)19)21-15(10)14(11)16(18)20-12/h7-8,12-13,19H,4-6,9H2,1-3H3/t12-,13+/m0/s1. The molecule has 1 N–H and O–H groups in total. The lowest BCUT2D eigenvalue weighted by Gasteiger charge is -2.24. The second-order valence-corrected chi connectivity index (χ2v) is 6.52. The molecule has 114 valence electrons. The lowest BCUT2D eigenvalue weighted by atomic mass is 9.94. The highest BCUT2D eigenvalue weighted by Crippen LogP contribution is 2.44. The largest absolute Gasteiger partial charge is 0.486 e. The summed E-state index contributed by atoms with van der Waals surface area (Å²) in [6.45, 7) is 5.58. The molecule has 2 heterocycles. The van der Waals surface area contributed by atoms with Crippen molar-refractivity contribution in [2.45, 2.75) is 64.3 Å². The zero-order chi connectivity index (χ0) is 15.2. The molecule has 0 bridgehead atoms. The molecule has 0 fully saturated rings. The van der Waals surface area contributed by atoms with Crippen molar-refractivity contribution >= 4 is 5.97 Å². The van der Waals surface area contributed by atoms with Crippen LogP contribution in [-0.2, 0) is 11.2 Å². The van der Waals surface area contributed by atoms with E-state index in [1.807, 2.05) is 12.1 Å². The highest BCUT2D eigenvalue weighted by molar-refractivity contribution is 5.97. The first-order chi connectivity index (χ1) is 9.91. The number of carbonyl (C=O) groups excluding carboxylic acids is 1. The Labute approximate surface area is 125 Å². The number of benzene rings is 1. The fourth-order valence-electron chi connectivity index (χ4n) is 3.05. The van der Waals surface area contributed by atoms with Crippen LogP contribution in [0.15, 0.2) is 12.1 Å². The van der Waals surface area contributed by atoms with Crippen molar-refractivity contribution in [3.05, 3.63) is 28.8 Å². The highest BCUT2D eigenvalue weighted by Gasteiger charge is 2.41. The van der Waals surface area contributed by atoms with Gasteiger partial charge in [0.25, 0.3) is 0 Å². The lowest BCUT2D eigenvalue weighted by Crippen LogP contribution is -2.39. The van der Waals surface area contributed by atoms with E-state index in [4.69, 9.17) is 9.47 Å². The summed E-state index contributed by atoms with van der Waals surface area (Å²) in [6, 6.07) is 3.98. The van der Waals surface area contributed by atoms with E-state index in [-0.39, 0.29) is 18.2 Å². The Morgan fingerprint density at radius 1 is 1.33 bits per heavy atom. The predicted molar refractivity (Wildman–Crippen MR) is 78.5 cm³/mol. The maximum Gasteiger partial charge on any atom is 0.342 e. The number of cyclic esters (lactones) is 1. The van der Waals surface area contributed by atoms with Crippen LogP contribution < -0.4 is 4.74 Å². The quantitative estimate of drug-likeness (QED) is 0.865. The zero-order valence-corrected chi connectivity index (χ0v) is 12.8. The molecule has 0 unspecified atom stereocenters. The van der Waals surface area contributed by atoms with Crippen LogP contribution in [0.1, 0.15) is 67.6 Å². The molecular weight excluding hydrogens is 268 g/mol. The number of carbonyl (C=O) groups is 1. The monoisotopic (exact) mass is 290 g/mol. The van der Waals surface area contributed by atoms with Gasteiger partial charge in [0.15, 0.2) is 0 Å². The fraction of sp³-hybridized carbons (Fsp3) is 0.588. The van der Waals surface area contributed by atoms with E-state index < -0.39 is 5.60 Å². The average molecular weight is 290 g/mol. The maximum absolute atomic E-state index is 12.2. The number of rotatable bonds is 4. The van der Waals surface area contributed by atoms with Crippen molar-refractivity contribution in [2.24, 2.45) is 0 Å². The second-order valence-electron chi connectivity index (χ2n) is 6.52. The van der Waals surface area contributed by atoms with E-state index in [1.54, 1.807) is 13.8 Å². The van der Waals surface area contributed by atoms with Crippen LogP contribution in [0.4, 0.5) is 0 Å². The smallest absolute Gasteiger partial charge is 0.342 e. The highest BCUT2D eigenvalue weighted by atomic mass is 16.6. The summed E-state index contributed by atoms with van der Waals surface area (Å²) >= 11 is 0.